The summed E-state index contributed by atoms with van der Waals surface area (Å²) in [7, 11) is 0. The highest BCUT2D eigenvalue weighted by molar-refractivity contribution is 5.90. The quantitative estimate of drug-likeness (QED) is 0.858. The van der Waals surface area contributed by atoms with Crippen molar-refractivity contribution in [3.63, 3.8) is 0 Å². The average Bonchev–Trinajstić information content (AvgIpc) is 2.78. The van der Waals surface area contributed by atoms with Crippen LogP contribution < -0.4 is 15.1 Å². The van der Waals surface area contributed by atoms with Crippen molar-refractivity contribution >= 4 is 23.2 Å². The fraction of sp³-hybridized carbons (Fsp3) is 0.476. The number of hydrogen-bond acceptors (Lipinski definition) is 6. The van der Waals surface area contributed by atoms with Gasteiger partial charge in [0.2, 0.25) is 0 Å². The van der Waals surface area contributed by atoms with Gasteiger partial charge < -0.3 is 24.8 Å². The Morgan fingerprint density at radius 3 is 2.55 bits per heavy atom. The van der Waals surface area contributed by atoms with Gasteiger partial charge in [-0.2, -0.15) is 5.10 Å². The molecule has 0 atom stereocenters. The van der Waals surface area contributed by atoms with E-state index in [1.54, 1.807) is 0 Å². The van der Waals surface area contributed by atoms with Gasteiger partial charge in [0, 0.05) is 51.0 Å². The minimum absolute atomic E-state index is 0.0495. The van der Waals surface area contributed by atoms with E-state index < -0.39 is 0 Å². The van der Waals surface area contributed by atoms with Crippen LogP contribution >= 0.6 is 0 Å². The predicted octanol–water partition coefficient (Wildman–Crippen LogP) is 2.28. The van der Waals surface area contributed by atoms with Gasteiger partial charge in [0.1, 0.15) is 0 Å². The summed E-state index contributed by atoms with van der Waals surface area (Å²) in [5.74, 6) is 0.864. The van der Waals surface area contributed by atoms with Gasteiger partial charge in [0.05, 0.1) is 25.1 Å². The van der Waals surface area contributed by atoms with E-state index in [4.69, 9.17) is 4.74 Å². The summed E-state index contributed by atoms with van der Waals surface area (Å²) in [6, 6.07) is 8.01. The van der Waals surface area contributed by atoms with Crippen molar-refractivity contribution < 1.29 is 9.53 Å². The highest BCUT2D eigenvalue weighted by atomic mass is 16.5. The number of ether oxygens (including phenoxy) is 1. The zero-order chi connectivity index (χ0) is 20.2. The van der Waals surface area contributed by atoms with E-state index in [-0.39, 0.29) is 6.03 Å². The topological polar surface area (TPSA) is 73.8 Å². The maximum atomic E-state index is 12.7. The Morgan fingerprint density at radius 1 is 1.03 bits per heavy atom. The zero-order valence-corrected chi connectivity index (χ0v) is 17.1. The number of rotatable bonds is 3. The number of carbonyl (C=O) groups excluding carboxylic acids is 1. The third-order valence-electron chi connectivity index (χ3n) is 5.74. The van der Waals surface area contributed by atoms with Gasteiger partial charge >= 0.3 is 6.03 Å². The van der Waals surface area contributed by atoms with E-state index in [1.165, 1.54) is 5.56 Å². The monoisotopic (exact) mass is 396 g/mol. The lowest BCUT2D eigenvalue weighted by molar-refractivity contribution is 0.122. The minimum Gasteiger partial charge on any atom is -0.378 e. The molecular formula is C21H28N6O2. The van der Waals surface area contributed by atoms with Gasteiger partial charge in [-0.25, -0.2) is 4.79 Å². The molecule has 0 spiro atoms. The van der Waals surface area contributed by atoms with Crippen LogP contribution in [0.4, 0.5) is 22.0 Å². The molecule has 2 aliphatic rings. The van der Waals surface area contributed by atoms with Crippen molar-refractivity contribution in [1.82, 2.24) is 15.1 Å². The van der Waals surface area contributed by atoms with Crippen molar-refractivity contribution in [1.29, 1.82) is 0 Å². The first-order chi connectivity index (χ1) is 14.1. The molecule has 1 aromatic heterocycles. The third kappa shape index (κ3) is 4.42. The number of nitrogens with zero attached hydrogens (tertiary/aromatic N) is 5. The third-order valence-corrected chi connectivity index (χ3v) is 5.74. The molecule has 3 heterocycles. The highest BCUT2D eigenvalue weighted by Gasteiger charge is 2.23. The molecule has 2 fully saturated rings. The van der Waals surface area contributed by atoms with Crippen molar-refractivity contribution in [2.24, 2.45) is 0 Å². The van der Waals surface area contributed by atoms with Crippen LogP contribution in [0, 0.1) is 13.8 Å². The first kappa shape index (κ1) is 19.4. The number of amides is 2. The fourth-order valence-corrected chi connectivity index (χ4v) is 3.71. The molecular weight excluding hydrogens is 368 g/mol. The zero-order valence-electron chi connectivity index (χ0n) is 17.1. The number of aromatic nitrogens is 2. The molecule has 0 bridgehead atoms. The number of aryl methyl sites for hydroxylation is 1. The first-order valence-corrected chi connectivity index (χ1v) is 10.1. The number of piperazine rings is 1. The Kier molecular flexibility index (Phi) is 5.80. The van der Waals surface area contributed by atoms with Gasteiger partial charge in [0.15, 0.2) is 5.82 Å². The van der Waals surface area contributed by atoms with Crippen LogP contribution in [0.15, 0.2) is 30.5 Å². The van der Waals surface area contributed by atoms with Gasteiger partial charge in [0.25, 0.3) is 0 Å². The van der Waals surface area contributed by atoms with Crippen LogP contribution in [0.25, 0.3) is 0 Å². The Morgan fingerprint density at radius 2 is 1.79 bits per heavy atom. The number of benzene rings is 1. The molecule has 29 heavy (non-hydrogen) atoms. The maximum Gasteiger partial charge on any atom is 0.321 e. The van der Waals surface area contributed by atoms with Crippen LogP contribution in [0.3, 0.4) is 0 Å². The van der Waals surface area contributed by atoms with Gasteiger partial charge in [-0.3, -0.25) is 0 Å². The Hall–Kier alpha value is -2.87. The van der Waals surface area contributed by atoms with Crippen molar-refractivity contribution in [2.45, 2.75) is 13.8 Å². The summed E-state index contributed by atoms with van der Waals surface area (Å²) in [6.45, 7) is 10.1. The van der Waals surface area contributed by atoms with Crippen LogP contribution in [0.1, 0.15) is 11.1 Å². The second-order valence-electron chi connectivity index (χ2n) is 7.52. The number of anilines is 3. The SMILES string of the molecule is Cc1cccc(NC(=O)N2CCN(c3cc(N4CCOCC4)cnn3)CC2)c1C. The molecule has 8 nitrogen and oxygen atoms in total. The molecule has 8 heteroatoms. The summed E-state index contributed by atoms with van der Waals surface area (Å²) in [5, 5.41) is 11.6. The number of urea groups is 1. The summed E-state index contributed by atoms with van der Waals surface area (Å²) in [4.78, 5) is 19.0. The van der Waals surface area contributed by atoms with E-state index in [9.17, 15) is 4.79 Å². The molecule has 0 unspecified atom stereocenters. The average molecular weight is 396 g/mol. The van der Waals surface area contributed by atoms with E-state index in [0.717, 1.165) is 62.1 Å². The first-order valence-electron chi connectivity index (χ1n) is 10.1. The van der Waals surface area contributed by atoms with Crippen molar-refractivity contribution in [3.8, 4) is 0 Å². The van der Waals surface area contributed by atoms with Crippen LogP contribution in [-0.4, -0.2) is 73.6 Å². The summed E-state index contributed by atoms with van der Waals surface area (Å²) < 4.78 is 5.43. The predicted molar refractivity (Wildman–Crippen MR) is 114 cm³/mol. The fourth-order valence-electron chi connectivity index (χ4n) is 3.71. The molecule has 2 saturated heterocycles. The Bertz CT molecular complexity index is 860. The Balaban J connectivity index is 1.35. The molecule has 154 valence electrons. The molecule has 2 aliphatic heterocycles. The second-order valence-corrected chi connectivity index (χ2v) is 7.52. The number of morpholine rings is 1. The van der Waals surface area contributed by atoms with Gasteiger partial charge in [-0.1, -0.05) is 12.1 Å². The van der Waals surface area contributed by atoms with Gasteiger partial charge in [-0.05, 0) is 31.0 Å². The summed E-state index contributed by atoms with van der Waals surface area (Å²) in [6.07, 6.45) is 1.81. The second kappa shape index (κ2) is 8.65. The van der Waals surface area contributed by atoms with E-state index in [0.29, 0.717) is 13.1 Å². The van der Waals surface area contributed by atoms with Crippen molar-refractivity contribution in [2.75, 3.05) is 67.6 Å². The summed E-state index contributed by atoms with van der Waals surface area (Å²) in [5.41, 5.74) is 4.23. The molecule has 4 rings (SSSR count). The van der Waals surface area contributed by atoms with Crippen LogP contribution in [-0.2, 0) is 4.74 Å². The lowest BCUT2D eigenvalue weighted by atomic mass is 10.1. The largest absolute Gasteiger partial charge is 0.378 e. The molecule has 2 amide bonds. The highest BCUT2D eigenvalue weighted by Crippen LogP contribution is 2.22. The number of hydrogen-bond donors (Lipinski definition) is 1. The lowest BCUT2D eigenvalue weighted by Gasteiger charge is -2.36. The van der Waals surface area contributed by atoms with E-state index in [2.05, 4.69) is 44.4 Å². The number of carbonyl (C=O) groups is 1. The van der Waals surface area contributed by atoms with Crippen LogP contribution in [0.5, 0.6) is 0 Å². The normalized spacial score (nSPS) is 17.4. The molecule has 0 aliphatic carbocycles. The number of nitrogens with one attached hydrogen (secondary N) is 1. The lowest BCUT2D eigenvalue weighted by Crippen LogP contribution is -2.50. The molecule has 1 aromatic carbocycles. The van der Waals surface area contributed by atoms with Crippen molar-refractivity contribution in [3.05, 3.63) is 41.6 Å². The summed E-state index contributed by atoms with van der Waals surface area (Å²) >= 11 is 0. The molecule has 1 N–H and O–H groups in total. The maximum absolute atomic E-state index is 12.7. The molecule has 2 aromatic rings. The molecule has 0 saturated carbocycles. The van der Waals surface area contributed by atoms with E-state index in [1.807, 2.05) is 30.2 Å². The minimum atomic E-state index is -0.0495. The van der Waals surface area contributed by atoms with Crippen LogP contribution in [0.2, 0.25) is 0 Å². The standard InChI is InChI=1S/C21H28N6O2/c1-16-4-3-5-19(17(16)2)23-21(28)27-8-6-26(7-9-27)20-14-18(15-22-24-20)25-10-12-29-13-11-25/h3-5,14-15H,6-13H2,1-2H3,(H,23,28). The molecule has 0 radical (unpaired) electrons. The Labute approximate surface area is 171 Å². The van der Waals surface area contributed by atoms with E-state index >= 15 is 0 Å². The van der Waals surface area contributed by atoms with Gasteiger partial charge in [-0.15, -0.1) is 5.10 Å². The smallest absolute Gasteiger partial charge is 0.321 e.